The fourth-order valence-electron chi connectivity index (χ4n) is 3.08. The zero-order valence-corrected chi connectivity index (χ0v) is 15.8. The van der Waals surface area contributed by atoms with E-state index in [4.69, 9.17) is 14.4 Å². The number of ether oxygens (including phenoxy) is 1. The number of nitriles is 1. The highest BCUT2D eigenvalue weighted by Gasteiger charge is 2.20. The average molecular weight is 362 g/mol. The molecule has 0 spiro atoms. The molecule has 27 heavy (non-hydrogen) atoms. The second-order valence-corrected chi connectivity index (χ2v) is 6.55. The minimum absolute atomic E-state index is 0.288. The van der Waals surface area contributed by atoms with E-state index in [9.17, 15) is 4.79 Å². The lowest BCUT2D eigenvalue weighted by atomic mass is 10.0. The summed E-state index contributed by atoms with van der Waals surface area (Å²) >= 11 is 0. The minimum Gasteiger partial charge on any atom is -0.493 e. The summed E-state index contributed by atoms with van der Waals surface area (Å²) in [5.74, 6) is 0.686. The summed E-state index contributed by atoms with van der Waals surface area (Å²) in [6.07, 6.45) is 1.13. The molecular formula is C22H22N2O3. The smallest absolute Gasteiger partial charge is 0.291 e. The average Bonchev–Trinajstić information content (AvgIpc) is 3.01. The summed E-state index contributed by atoms with van der Waals surface area (Å²) in [6, 6.07) is 13.3. The number of carbonyl (C=O) groups is 1. The van der Waals surface area contributed by atoms with Gasteiger partial charge in [-0.25, -0.2) is 0 Å². The number of unbranched alkanes of at least 4 members (excludes halogenated alkanes) is 1. The first kappa shape index (κ1) is 18.5. The van der Waals surface area contributed by atoms with E-state index >= 15 is 0 Å². The van der Waals surface area contributed by atoms with Crippen molar-refractivity contribution in [2.24, 2.45) is 0 Å². The summed E-state index contributed by atoms with van der Waals surface area (Å²) in [5.41, 5.74) is 4.32. The largest absolute Gasteiger partial charge is 0.493 e. The van der Waals surface area contributed by atoms with Crippen LogP contribution < -0.4 is 10.1 Å². The van der Waals surface area contributed by atoms with Gasteiger partial charge >= 0.3 is 0 Å². The molecule has 0 radical (unpaired) electrons. The Balaban J connectivity index is 1.79. The van der Waals surface area contributed by atoms with Crippen LogP contribution in [0.25, 0.3) is 11.0 Å². The van der Waals surface area contributed by atoms with Gasteiger partial charge in [0.15, 0.2) is 5.76 Å². The molecule has 0 atom stereocenters. The van der Waals surface area contributed by atoms with Crippen LogP contribution in [0, 0.1) is 32.1 Å². The van der Waals surface area contributed by atoms with Crippen LogP contribution >= 0.6 is 0 Å². The number of carbonyl (C=O) groups excluding carboxylic acids is 1. The van der Waals surface area contributed by atoms with Crippen molar-refractivity contribution in [3.63, 3.8) is 0 Å². The van der Waals surface area contributed by atoms with E-state index in [1.54, 1.807) is 12.1 Å². The molecule has 0 aliphatic rings. The molecule has 0 fully saturated rings. The lowest BCUT2D eigenvalue weighted by Gasteiger charge is -2.08. The number of nitrogens with one attached hydrogen (secondary N) is 1. The molecule has 1 N–H and O–H groups in total. The highest BCUT2D eigenvalue weighted by molar-refractivity contribution is 6.07. The number of fused-ring (bicyclic) bond motifs is 1. The molecule has 0 unspecified atom stereocenters. The normalized spacial score (nSPS) is 10.6. The van der Waals surface area contributed by atoms with Crippen LogP contribution in [-0.2, 0) is 0 Å². The maximum Gasteiger partial charge on any atom is 0.291 e. The van der Waals surface area contributed by atoms with Gasteiger partial charge in [-0.2, -0.15) is 5.26 Å². The predicted octanol–water partition coefficient (Wildman–Crippen LogP) is 5.29. The van der Waals surface area contributed by atoms with Gasteiger partial charge in [0.25, 0.3) is 5.91 Å². The highest BCUT2D eigenvalue weighted by atomic mass is 16.5. The Morgan fingerprint density at radius 2 is 1.96 bits per heavy atom. The van der Waals surface area contributed by atoms with E-state index in [2.05, 4.69) is 11.4 Å². The van der Waals surface area contributed by atoms with Gasteiger partial charge in [0, 0.05) is 29.1 Å². The van der Waals surface area contributed by atoms with E-state index in [1.807, 2.05) is 45.0 Å². The zero-order valence-electron chi connectivity index (χ0n) is 15.8. The first-order chi connectivity index (χ1) is 13.0. The number of furan rings is 1. The van der Waals surface area contributed by atoms with Crippen molar-refractivity contribution in [2.75, 3.05) is 11.9 Å². The van der Waals surface area contributed by atoms with Gasteiger partial charge < -0.3 is 14.5 Å². The molecule has 0 saturated heterocycles. The third kappa shape index (κ3) is 3.95. The number of aryl methyl sites for hydroxylation is 3. The number of nitrogens with zero attached hydrogens (tertiary/aromatic N) is 1. The van der Waals surface area contributed by atoms with E-state index in [0.717, 1.165) is 27.7 Å². The Morgan fingerprint density at radius 1 is 1.19 bits per heavy atom. The molecule has 1 amide bonds. The SMILES string of the molecule is Cc1ccc(C)c2c(C)c(C(=O)Nc3cccc(OCCCC#N)c3)oc12. The predicted molar refractivity (Wildman–Crippen MR) is 105 cm³/mol. The topological polar surface area (TPSA) is 75.3 Å². The molecule has 1 heterocycles. The van der Waals surface area contributed by atoms with E-state index < -0.39 is 0 Å². The maximum absolute atomic E-state index is 12.8. The monoisotopic (exact) mass is 362 g/mol. The third-order valence-electron chi connectivity index (χ3n) is 4.48. The molecular weight excluding hydrogens is 340 g/mol. The van der Waals surface area contributed by atoms with E-state index in [0.29, 0.717) is 36.6 Å². The fraction of sp³-hybridized carbons (Fsp3) is 0.273. The third-order valence-corrected chi connectivity index (χ3v) is 4.48. The standard InChI is InChI=1S/C22H22N2O3/c1-14-9-10-15(2)20-19(14)16(3)21(27-20)22(25)24-17-7-6-8-18(13-17)26-12-5-4-11-23/h6-10,13H,4-5,12H2,1-3H3,(H,24,25). The number of hydrogen-bond donors (Lipinski definition) is 1. The Bertz CT molecular complexity index is 1030. The second kappa shape index (κ2) is 7.96. The maximum atomic E-state index is 12.8. The van der Waals surface area contributed by atoms with Gasteiger partial charge in [0.2, 0.25) is 0 Å². The molecule has 5 heteroatoms. The quantitative estimate of drug-likeness (QED) is 0.604. The molecule has 0 aliphatic carbocycles. The number of amides is 1. The molecule has 0 aliphatic heterocycles. The van der Waals surface area contributed by atoms with Crippen LogP contribution in [0.3, 0.4) is 0 Å². The van der Waals surface area contributed by atoms with Gasteiger partial charge in [0.05, 0.1) is 12.7 Å². The number of hydrogen-bond acceptors (Lipinski definition) is 4. The van der Waals surface area contributed by atoms with Crippen molar-refractivity contribution < 1.29 is 13.9 Å². The van der Waals surface area contributed by atoms with Crippen molar-refractivity contribution in [3.8, 4) is 11.8 Å². The molecule has 138 valence electrons. The van der Waals surface area contributed by atoms with Gasteiger partial charge in [-0.3, -0.25) is 4.79 Å². The van der Waals surface area contributed by atoms with E-state index in [-0.39, 0.29) is 5.91 Å². The minimum atomic E-state index is -0.288. The Hall–Kier alpha value is -3.26. The van der Waals surface area contributed by atoms with Gasteiger partial charge in [-0.15, -0.1) is 0 Å². The molecule has 3 aromatic rings. The second-order valence-electron chi connectivity index (χ2n) is 6.55. The van der Waals surface area contributed by atoms with Crippen molar-refractivity contribution in [1.29, 1.82) is 5.26 Å². The summed E-state index contributed by atoms with van der Waals surface area (Å²) in [7, 11) is 0. The molecule has 2 aromatic carbocycles. The first-order valence-corrected chi connectivity index (χ1v) is 8.91. The molecule has 0 saturated carbocycles. The van der Waals surface area contributed by atoms with Crippen molar-refractivity contribution >= 4 is 22.6 Å². The number of rotatable bonds is 6. The first-order valence-electron chi connectivity index (χ1n) is 8.91. The van der Waals surface area contributed by atoms with Gasteiger partial charge in [-0.05, 0) is 50.5 Å². The highest BCUT2D eigenvalue weighted by Crippen LogP contribution is 2.31. The summed E-state index contributed by atoms with van der Waals surface area (Å²) in [6.45, 7) is 6.35. The summed E-state index contributed by atoms with van der Waals surface area (Å²) in [4.78, 5) is 12.8. The molecule has 1 aromatic heterocycles. The number of benzene rings is 2. The lowest BCUT2D eigenvalue weighted by molar-refractivity contribution is 0.0998. The van der Waals surface area contributed by atoms with Crippen LogP contribution in [-0.4, -0.2) is 12.5 Å². The molecule has 3 rings (SSSR count). The van der Waals surface area contributed by atoms with Crippen LogP contribution in [0.2, 0.25) is 0 Å². The Labute approximate surface area is 158 Å². The van der Waals surface area contributed by atoms with E-state index in [1.165, 1.54) is 0 Å². The van der Waals surface area contributed by atoms with Gasteiger partial charge in [0.1, 0.15) is 11.3 Å². The van der Waals surface area contributed by atoms with Crippen molar-refractivity contribution in [3.05, 3.63) is 58.8 Å². The van der Waals surface area contributed by atoms with Crippen molar-refractivity contribution in [1.82, 2.24) is 0 Å². The fourth-order valence-corrected chi connectivity index (χ4v) is 3.08. The molecule has 0 bridgehead atoms. The van der Waals surface area contributed by atoms with Crippen LogP contribution in [0.5, 0.6) is 5.75 Å². The van der Waals surface area contributed by atoms with Crippen LogP contribution in [0.15, 0.2) is 40.8 Å². The Kier molecular flexibility index (Phi) is 5.46. The molecule has 5 nitrogen and oxygen atoms in total. The Morgan fingerprint density at radius 3 is 2.70 bits per heavy atom. The van der Waals surface area contributed by atoms with Crippen LogP contribution in [0.4, 0.5) is 5.69 Å². The summed E-state index contributed by atoms with van der Waals surface area (Å²) in [5, 5.41) is 12.4. The summed E-state index contributed by atoms with van der Waals surface area (Å²) < 4.78 is 11.5. The number of anilines is 1. The lowest BCUT2D eigenvalue weighted by Crippen LogP contribution is -2.12. The van der Waals surface area contributed by atoms with Crippen molar-refractivity contribution in [2.45, 2.75) is 33.6 Å². The zero-order chi connectivity index (χ0) is 19.4. The van der Waals surface area contributed by atoms with Gasteiger partial charge in [-0.1, -0.05) is 18.2 Å². The van der Waals surface area contributed by atoms with Crippen LogP contribution in [0.1, 0.15) is 40.1 Å².